The molecule has 0 aromatic carbocycles. The van der Waals surface area contributed by atoms with Gasteiger partial charge in [-0.15, -0.1) is 0 Å². The van der Waals surface area contributed by atoms with Gasteiger partial charge in [-0.25, -0.2) is 4.79 Å². The maximum Gasteiger partial charge on any atom is 0.505 e. The molecule has 8 heteroatoms. The standard InChI is InChI=1S/C13H26O8/c1-16-5-7-18-4-3-12(11-21-13(14)15)20-10-9-19-8-6-17-2/h12H,3-11H2,1-2H3,(H,14,15). The van der Waals surface area contributed by atoms with Crippen molar-refractivity contribution in [2.75, 3.05) is 67.1 Å². The second-order valence-corrected chi connectivity index (χ2v) is 4.07. The van der Waals surface area contributed by atoms with Gasteiger partial charge in [0.05, 0.1) is 45.7 Å². The largest absolute Gasteiger partial charge is 0.505 e. The smallest absolute Gasteiger partial charge is 0.450 e. The third-order valence-electron chi connectivity index (χ3n) is 2.42. The molecule has 1 N–H and O–H groups in total. The molecular formula is C13H26O8. The Bertz CT molecular complexity index is 236. The van der Waals surface area contributed by atoms with Crippen molar-refractivity contribution in [1.29, 1.82) is 0 Å². The lowest BCUT2D eigenvalue weighted by Gasteiger charge is -2.17. The van der Waals surface area contributed by atoms with Gasteiger partial charge in [0.2, 0.25) is 0 Å². The van der Waals surface area contributed by atoms with E-state index in [0.717, 1.165) is 0 Å². The Morgan fingerprint density at radius 2 is 1.48 bits per heavy atom. The highest BCUT2D eigenvalue weighted by Gasteiger charge is 2.12. The van der Waals surface area contributed by atoms with E-state index >= 15 is 0 Å². The summed E-state index contributed by atoms with van der Waals surface area (Å²) in [5, 5.41) is 8.51. The van der Waals surface area contributed by atoms with Crippen LogP contribution in [0.15, 0.2) is 0 Å². The number of carboxylic acid groups (broad SMARTS) is 1. The molecule has 0 heterocycles. The molecule has 0 aromatic rings. The van der Waals surface area contributed by atoms with Gasteiger partial charge in [0, 0.05) is 27.2 Å². The molecule has 126 valence electrons. The van der Waals surface area contributed by atoms with E-state index < -0.39 is 6.16 Å². The van der Waals surface area contributed by atoms with Gasteiger partial charge in [-0.3, -0.25) is 0 Å². The van der Waals surface area contributed by atoms with Crippen LogP contribution >= 0.6 is 0 Å². The molecule has 0 fully saturated rings. The van der Waals surface area contributed by atoms with Gasteiger partial charge in [0.15, 0.2) is 0 Å². The molecule has 0 saturated carbocycles. The van der Waals surface area contributed by atoms with Gasteiger partial charge in [-0.1, -0.05) is 0 Å². The number of ether oxygens (including phenoxy) is 6. The van der Waals surface area contributed by atoms with Crippen LogP contribution in [0.3, 0.4) is 0 Å². The first-order valence-corrected chi connectivity index (χ1v) is 6.81. The van der Waals surface area contributed by atoms with Gasteiger partial charge >= 0.3 is 6.16 Å². The predicted octanol–water partition coefficient (Wildman–Crippen LogP) is 0.782. The van der Waals surface area contributed by atoms with Crippen molar-refractivity contribution in [2.24, 2.45) is 0 Å². The quantitative estimate of drug-likeness (QED) is 0.350. The van der Waals surface area contributed by atoms with Crippen molar-refractivity contribution < 1.29 is 38.3 Å². The summed E-state index contributed by atoms with van der Waals surface area (Å²) in [5.74, 6) is 0. The lowest BCUT2D eigenvalue weighted by Crippen LogP contribution is -2.25. The molecular weight excluding hydrogens is 284 g/mol. The van der Waals surface area contributed by atoms with Crippen LogP contribution in [0.5, 0.6) is 0 Å². The van der Waals surface area contributed by atoms with Crippen LogP contribution in [0.2, 0.25) is 0 Å². The molecule has 0 bridgehead atoms. The van der Waals surface area contributed by atoms with Gasteiger partial charge in [-0.05, 0) is 0 Å². The van der Waals surface area contributed by atoms with Crippen LogP contribution < -0.4 is 0 Å². The molecule has 8 nitrogen and oxygen atoms in total. The predicted molar refractivity (Wildman–Crippen MR) is 73.7 cm³/mol. The minimum Gasteiger partial charge on any atom is -0.450 e. The van der Waals surface area contributed by atoms with Crippen molar-refractivity contribution in [3.05, 3.63) is 0 Å². The number of hydrogen-bond donors (Lipinski definition) is 1. The van der Waals surface area contributed by atoms with Gasteiger partial charge in [-0.2, -0.15) is 0 Å². The summed E-state index contributed by atoms with van der Waals surface area (Å²) in [7, 11) is 3.20. The lowest BCUT2D eigenvalue weighted by atomic mass is 10.3. The first kappa shape index (κ1) is 20.1. The van der Waals surface area contributed by atoms with E-state index in [4.69, 9.17) is 28.8 Å². The van der Waals surface area contributed by atoms with Crippen molar-refractivity contribution in [3.8, 4) is 0 Å². The summed E-state index contributed by atoms with van der Waals surface area (Å²) in [6.45, 7) is 3.22. The number of carbonyl (C=O) groups is 1. The minimum absolute atomic E-state index is 0.0267. The van der Waals surface area contributed by atoms with E-state index in [1.807, 2.05) is 0 Å². The molecule has 1 atom stereocenters. The average molecular weight is 310 g/mol. The lowest BCUT2D eigenvalue weighted by molar-refractivity contribution is -0.0482. The van der Waals surface area contributed by atoms with Crippen LogP contribution in [-0.2, 0) is 28.4 Å². The molecule has 0 radical (unpaired) electrons. The van der Waals surface area contributed by atoms with Crippen molar-refractivity contribution in [3.63, 3.8) is 0 Å². The summed E-state index contributed by atoms with van der Waals surface area (Å²) < 4.78 is 30.3. The first-order chi connectivity index (χ1) is 10.2. The number of rotatable bonds is 15. The van der Waals surface area contributed by atoms with E-state index in [1.54, 1.807) is 14.2 Å². The minimum atomic E-state index is -1.32. The second-order valence-electron chi connectivity index (χ2n) is 4.07. The van der Waals surface area contributed by atoms with Crippen LogP contribution in [0, 0.1) is 0 Å². The molecule has 0 spiro atoms. The van der Waals surface area contributed by atoms with Crippen LogP contribution in [0.25, 0.3) is 0 Å². The Hall–Kier alpha value is -0.930. The summed E-state index contributed by atoms with van der Waals surface area (Å²) in [4.78, 5) is 10.4. The van der Waals surface area contributed by atoms with E-state index in [9.17, 15) is 4.79 Å². The van der Waals surface area contributed by atoms with Crippen molar-refractivity contribution in [2.45, 2.75) is 12.5 Å². The second kappa shape index (κ2) is 15.5. The summed E-state index contributed by atoms with van der Waals surface area (Å²) in [6, 6.07) is 0. The Labute approximate surface area is 125 Å². The summed E-state index contributed by atoms with van der Waals surface area (Å²) in [6.07, 6.45) is -1.13. The molecule has 21 heavy (non-hydrogen) atoms. The fraction of sp³-hybridized carbons (Fsp3) is 0.923. The molecule has 0 saturated heterocycles. The molecule has 0 aliphatic rings. The fourth-order valence-corrected chi connectivity index (χ4v) is 1.36. The van der Waals surface area contributed by atoms with Crippen molar-refractivity contribution >= 4 is 6.16 Å². The molecule has 1 unspecified atom stereocenters. The zero-order chi connectivity index (χ0) is 15.8. The Morgan fingerprint density at radius 3 is 2.05 bits per heavy atom. The molecule has 0 aromatic heterocycles. The zero-order valence-electron chi connectivity index (χ0n) is 12.7. The molecule has 0 aliphatic carbocycles. The highest BCUT2D eigenvalue weighted by Crippen LogP contribution is 2.01. The highest BCUT2D eigenvalue weighted by atomic mass is 16.7. The fourth-order valence-electron chi connectivity index (χ4n) is 1.36. The molecule has 0 aliphatic heterocycles. The Kier molecular flexibility index (Phi) is 14.8. The number of methoxy groups -OCH3 is 2. The maximum atomic E-state index is 10.4. The van der Waals surface area contributed by atoms with E-state index in [-0.39, 0.29) is 12.7 Å². The van der Waals surface area contributed by atoms with Crippen molar-refractivity contribution in [1.82, 2.24) is 0 Å². The summed E-state index contributed by atoms with van der Waals surface area (Å²) in [5.41, 5.74) is 0. The van der Waals surface area contributed by atoms with E-state index in [0.29, 0.717) is 52.7 Å². The third kappa shape index (κ3) is 15.3. The Balaban J connectivity index is 3.72. The third-order valence-corrected chi connectivity index (χ3v) is 2.42. The summed E-state index contributed by atoms with van der Waals surface area (Å²) >= 11 is 0. The highest BCUT2D eigenvalue weighted by molar-refractivity contribution is 5.56. The topological polar surface area (TPSA) is 92.7 Å². The zero-order valence-corrected chi connectivity index (χ0v) is 12.7. The van der Waals surface area contributed by atoms with Gasteiger partial charge < -0.3 is 33.5 Å². The number of hydrogen-bond acceptors (Lipinski definition) is 7. The SMILES string of the molecule is COCCOCCOC(CCOCCOC)COC(=O)O. The van der Waals surface area contributed by atoms with E-state index in [1.165, 1.54) is 0 Å². The normalized spacial score (nSPS) is 12.3. The van der Waals surface area contributed by atoms with Crippen LogP contribution in [-0.4, -0.2) is 84.4 Å². The van der Waals surface area contributed by atoms with Crippen LogP contribution in [0.4, 0.5) is 4.79 Å². The van der Waals surface area contributed by atoms with Crippen LogP contribution in [0.1, 0.15) is 6.42 Å². The van der Waals surface area contributed by atoms with E-state index in [2.05, 4.69) is 4.74 Å². The van der Waals surface area contributed by atoms with Gasteiger partial charge in [0.25, 0.3) is 0 Å². The first-order valence-electron chi connectivity index (χ1n) is 6.81. The average Bonchev–Trinajstić information content (AvgIpc) is 2.47. The monoisotopic (exact) mass is 310 g/mol. The molecule has 0 amide bonds. The Morgan fingerprint density at radius 1 is 0.905 bits per heavy atom. The molecule has 0 rings (SSSR count). The van der Waals surface area contributed by atoms with Gasteiger partial charge in [0.1, 0.15) is 6.61 Å². The maximum absolute atomic E-state index is 10.4.